The van der Waals surface area contributed by atoms with Crippen LogP contribution in [0.4, 0.5) is 0 Å². The van der Waals surface area contributed by atoms with Crippen LogP contribution in [0.1, 0.15) is 51.2 Å². The SMILES string of the molecule is CC(C)Oc1cncc(C(O)C2C3CCCCC32)c1. The van der Waals surface area contributed by atoms with Gasteiger partial charge in [0.2, 0.25) is 0 Å². The van der Waals surface area contributed by atoms with E-state index in [9.17, 15) is 5.11 Å². The van der Waals surface area contributed by atoms with E-state index in [0.29, 0.717) is 5.92 Å². The highest BCUT2D eigenvalue weighted by molar-refractivity contribution is 5.27. The fourth-order valence-electron chi connectivity index (χ4n) is 3.67. The second-order valence-electron chi connectivity index (χ2n) is 6.25. The second kappa shape index (κ2) is 5.12. The normalized spacial score (nSPS) is 30.8. The quantitative estimate of drug-likeness (QED) is 0.904. The lowest BCUT2D eigenvalue weighted by atomic mass is 10.0. The lowest BCUT2D eigenvalue weighted by Gasteiger charge is -2.14. The average molecular weight is 261 g/mol. The molecule has 3 atom stereocenters. The standard InChI is InChI=1S/C16H23NO2/c1-10(2)19-12-7-11(8-17-9-12)16(18)15-13-5-3-4-6-14(13)15/h7-10,13-16,18H,3-6H2,1-2H3. The Hall–Kier alpha value is -1.09. The van der Waals surface area contributed by atoms with Crippen LogP contribution in [0, 0.1) is 17.8 Å². The topological polar surface area (TPSA) is 42.4 Å². The van der Waals surface area contributed by atoms with Gasteiger partial charge in [-0.1, -0.05) is 12.8 Å². The monoisotopic (exact) mass is 261 g/mol. The van der Waals surface area contributed by atoms with E-state index < -0.39 is 0 Å². The van der Waals surface area contributed by atoms with Gasteiger partial charge in [-0.25, -0.2) is 0 Å². The maximum atomic E-state index is 10.6. The summed E-state index contributed by atoms with van der Waals surface area (Å²) in [5, 5.41) is 10.6. The first-order chi connectivity index (χ1) is 9.16. The van der Waals surface area contributed by atoms with Gasteiger partial charge in [-0.2, -0.15) is 0 Å². The number of ether oxygens (including phenoxy) is 1. The highest BCUT2D eigenvalue weighted by atomic mass is 16.5. The minimum absolute atomic E-state index is 0.137. The van der Waals surface area contributed by atoms with Gasteiger partial charge in [0.25, 0.3) is 0 Å². The summed E-state index contributed by atoms with van der Waals surface area (Å²) in [6, 6.07) is 1.95. The molecule has 0 aliphatic heterocycles. The van der Waals surface area contributed by atoms with Crippen LogP contribution in [0.5, 0.6) is 5.75 Å². The zero-order valence-corrected chi connectivity index (χ0v) is 11.7. The lowest BCUT2D eigenvalue weighted by molar-refractivity contribution is 0.141. The van der Waals surface area contributed by atoms with Crippen molar-refractivity contribution < 1.29 is 9.84 Å². The first kappa shape index (κ1) is 12.9. The van der Waals surface area contributed by atoms with E-state index in [1.54, 1.807) is 12.4 Å². The molecule has 0 amide bonds. The first-order valence-electron chi connectivity index (χ1n) is 7.46. The number of fused-ring (bicyclic) bond motifs is 1. The van der Waals surface area contributed by atoms with Crippen molar-refractivity contribution in [2.75, 3.05) is 0 Å². The van der Waals surface area contributed by atoms with Gasteiger partial charge in [0.1, 0.15) is 5.75 Å². The zero-order chi connectivity index (χ0) is 13.4. The molecule has 1 heterocycles. The summed E-state index contributed by atoms with van der Waals surface area (Å²) in [5.41, 5.74) is 0.914. The van der Waals surface area contributed by atoms with Crippen LogP contribution in [-0.4, -0.2) is 16.2 Å². The molecule has 1 N–H and O–H groups in total. The summed E-state index contributed by atoms with van der Waals surface area (Å²) >= 11 is 0. The number of hydrogen-bond acceptors (Lipinski definition) is 3. The molecule has 0 spiro atoms. The molecular weight excluding hydrogens is 238 g/mol. The summed E-state index contributed by atoms with van der Waals surface area (Å²) < 4.78 is 5.65. The van der Waals surface area contributed by atoms with Crippen LogP contribution in [0.15, 0.2) is 18.5 Å². The molecule has 3 unspecified atom stereocenters. The summed E-state index contributed by atoms with van der Waals surface area (Å²) in [4.78, 5) is 4.20. The number of hydrogen-bond donors (Lipinski definition) is 1. The van der Waals surface area contributed by atoms with Gasteiger partial charge < -0.3 is 9.84 Å². The van der Waals surface area contributed by atoms with E-state index in [1.807, 2.05) is 19.9 Å². The summed E-state index contributed by atoms with van der Waals surface area (Å²) in [6.45, 7) is 4.00. The maximum Gasteiger partial charge on any atom is 0.138 e. The van der Waals surface area contributed by atoms with Crippen LogP contribution < -0.4 is 4.74 Å². The molecule has 2 fully saturated rings. The van der Waals surface area contributed by atoms with Crippen molar-refractivity contribution in [1.82, 2.24) is 4.98 Å². The van der Waals surface area contributed by atoms with Crippen LogP contribution in [0.3, 0.4) is 0 Å². The van der Waals surface area contributed by atoms with E-state index in [0.717, 1.165) is 23.1 Å². The Kier molecular flexibility index (Phi) is 3.48. The molecule has 2 aliphatic carbocycles. The largest absolute Gasteiger partial charge is 0.489 e. The van der Waals surface area contributed by atoms with Crippen LogP contribution >= 0.6 is 0 Å². The van der Waals surface area contributed by atoms with E-state index in [2.05, 4.69) is 4.98 Å². The Balaban J connectivity index is 1.71. The molecule has 19 heavy (non-hydrogen) atoms. The van der Waals surface area contributed by atoms with Crippen molar-refractivity contribution in [2.45, 2.75) is 51.7 Å². The van der Waals surface area contributed by atoms with Crippen molar-refractivity contribution in [1.29, 1.82) is 0 Å². The third-order valence-electron chi connectivity index (χ3n) is 4.53. The van der Waals surface area contributed by atoms with E-state index in [4.69, 9.17) is 4.74 Å². The van der Waals surface area contributed by atoms with Crippen molar-refractivity contribution in [3.8, 4) is 5.75 Å². The molecule has 2 saturated carbocycles. The number of aliphatic hydroxyl groups excluding tert-OH is 1. The molecule has 2 aliphatic rings. The Labute approximate surface area is 115 Å². The van der Waals surface area contributed by atoms with Gasteiger partial charge in [0.05, 0.1) is 18.4 Å². The van der Waals surface area contributed by atoms with Gasteiger partial charge in [-0.15, -0.1) is 0 Å². The van der Waals surface area contributed by atoms with Gasteiger partial charge in [-0.3, -0.25) is 4.98 Å². The fourth-order valence-corrected chi connectivity index (χ4v) is 3.67. The third kappa shape index (κ3) is 2.62. The molecule has 0 aromatic carbocycles. The number of rotatable bonds is 4. The molecule has 3 nitrogen and oxygen atoms in total. The minimum atomic E-state index is -0.365. The van der Waals surface area contributed by atoms with E-state index in [-0.39, 0.29) is 12.2 Å². The lowest BCUT2D eigenvalue weighted by Crippen LogP contribution is -2.08. The predicted octanol–water partition coefficient (Wildman–Crippen LogP) is 3.34. The number of aliphatic hydroxyl groups is 1. The molecule has 1 aromatic rings. The Morgan fingerprint density at radius 2 is 1.89 bits per heavy atom. The van der Waals surface area contributed by atoms with Gasteiger partial charge >= 0.3 is 0 Å². The predicted molar refractivity (Wildman–Crippen MR) is 73.9 cm³/mol. The molecule has 3 rings (SSSR count). The molecule has 0 bridgehead atoms. The van der Waals surface area contributed by atoms with Gasteiger partial charge in [-0.05, 0) is 50.5 Å². The maximum absolute atomic E-state index is 10.6. The summed E-state index contributed by atoms with van der Waals surface area (Å²) in [5.74, 6) is 2.71. The smallest absolute Gasteiger partial charge is 0.138 e. The number of nitrogens with zero attached hydrogens (tertiary/aromatic N) is 1. The van der Waals surface area contributed by atoms with E-state index in [1.165, 1.54) is 25.7 Å². The van der Waals surface area contributed by atoms with Crippen LogP contribution in [0.2, 0.25) is 0 Å². The molecule has 3 heteroatoms. The molecule has 0 radical (unpaired) electrons. The number of aromatic nitrogens is 1. The zero-order valence-electron chi connectivity index (χ0n) is 11.7. The molecular formula is C16H23NO2. The van der Waals surface area contributed by atoms with E-state index >= 15 is 0 Å². The molecule has 1 aromatic heterocycles. The summed E-state index contributed by atoms with van der Waals surface area (Å²) in [7, 11) is 0. The minimum Gasteiger partial charge on any atom is -0.489 e. The Morgan fingerprint density at radius 3 is 2.53 bits per heavy atom. The molecule has 0 saturated heterocycles. The average Bonchev–Trinajstić information content (AvgIpc) is 3.11. The van der Waals surface area contributed by atoms with Crippen molar-refractivity contribution >= 4 is 0 Å². The third-order valence-corrected chi connectivity index (χ3v) is 4.53. The van der Waals surface area contributed by atoms with Crippen LogP contribution in [0.25, 0.3) is 0 Å². The Morgan fingerprint density at radius 1 is 1.21 bits per heavy atom. The summed E-state index contributed by atoms with van der Waals surface area (Å²) in [6.07, 6.45) is 8.52. The fraction of sp³-hybridized carbons (Fsp3) is 0.688. The first-order valence-corrected chi connectivity index (χ1v) is 7.46. The molecule has 104 valence electrons. The van der Waals surface area contributed by atoms with Gasteiger partial charge in [0.15, 0.2) is 0 Å². The number of pyridine rings is 1. The highest BCUT2D eigenvalue weighted by Gasteiger charge is 2.54. The van der Waals surface area contributed by atoms with Crippen molar-refractivity contribution in [3.05, 3.63) is 24.0 Å². The second-order valence-corrected chi connectivity index (χ2v) is 6.25. The van der Waals surface area contributed by atoms with Crippen LogP contribution in [-0.2, 0) is 0 Å². The van der Waals surface area contributed by atoms with Crippen molar-refractivity contribution in [3.63, 3.8) is 0 Å². The van der Waals surface area contributed by atoms with Crippen molar-refractivity contribution in [2.24, 2.45) is 17.8 Å². The van der Waals surface area contributed by atoms with Gasteiger partial charge in [0, 0.05) is 11.8 Å². The Bertz CT molecular complexity index is 434. The highest BCUT2D eigenvalue weighted by Crippen LogP contribution is 2.60.